The minimum absolute atomic E-state index is 0.234. The van der Waals surface area contributed by atoms with Gasteiger partial charge in [0.25, 0.3) is 5.91 Å². The van der Waals surface area contributed by atoms with E-state index in [1.165, 1.54) is 12.8 Å². The van der Waals surface area contributed by atoms with Crippen LogP contribution in [0.25, 0.3) is 0 Å². The van der Waals surface area contributed by atoms with Crippen LogP contribution in [0.15, 0.2) is 12.1 Å². The smallest absolute Gasteiger partial charge is 0.270 e. The predicted molar refractivity (Wildman–Crippen MR) is 101 cm³/mol. The van der Waals surface area contributed by atoms with Crippen molar-refractivity contribution in [1.29, 1.82) is 0 Å². The lowest BCUT2D eigenvalue weighted by atomic mass is 9.99. The number of carbonyl (C=O) groups is 2. The molecule has 1 unspecified atom stereocenters. The van der Waals surface area contributed by atoms with E-state index in [1.54, 1.807) is 6.07 Å². The molecule has 27 heavy (non-hydrogen) atoms. The first kappa shape index (κ1) is 19.6. The number of hydrogen-bond acceptors (Lipinski definition) is 5. The van der Waals surface area contributed by atoms with Crippen molar-refractivity contribution in [1.82, 2.24) is 10.3 Å². The summed E-state index contributed by atoms with van der Waals surface area (Å²) in [5.41, 5.74) is 6.64. The number of pyridine rings is 1. The minimum Gasteiger partial charge on any atom is -0.477 e. The Morgan fingerprint density at radius 2 is 2.11 bits per heavy atom. The molecule has 148 valence electrons. The second kappa shape index (κ2) is 8.69. The molecule has 1 aromatic rings. The van der Waals surface area contributed by atoms with E-state index < -0.39 is 17.9 Å². The fourth-order valence-electron chi connectivity index (χ4n) is 3.21. The summed E-state index contributed by atoms with van der Waals surface area (Å²) in [5, 5.41) is 2.70. The summed E-state index contributed by atoms with van der Waals surface area (Å²) in [6.45, 7) is 5.94. The molecule has 2 fully saturated rings. The van der Waals surface area contributed by atoms with Crippen LogP contribution >= 0.6 is 0 Å². The summed E-state index contributed by atoms with van der Waals surface area (Å²) in [4.78, 5) is 28.7. The van der Waals surface area contributed by atoms with Gasteiger partial charge in [0.1, 0.15) is 11.7 Å². The fraction of sp³-hybridized carbons (Fsp3) is 0.650. The van der Waals surface area contributed by atoms with Gasteiger partial charge in [-0.1, -0.05) is 19.9 Å². The molecule has 1 aliphatic carbocycles. The molecule has 0 aromatic carbocycles. The van der Waals surface area contributed by atoms with Crippen LogP contribution in [0, 0.1) is 11.8 Å². The summed E-state index contributed by atoms with van der Waals surface area (Å²) in [6.07, 6.45) is 3.77. The molecule has 0 radical (unpaired) electrons. The van der Waals surface area contributed by atoms with E-state index in [-0.39, 0.29) is 17.5 Å². The van der Waals surface area contributed by atoms with Gasteiger partial charge in [-0.25, -0.2) is 4.98 Å². The van der Waals surface area contributed by atoms with Crippen molar-refractivity contribution >= 4 is 11.8 Å². The predicted octanol–water partition coefficient (Wildman–Crippen LogP) is 2.00. The summed E-state index contributed by atoms with van der Waals surface area (Å²) in [6, 6.07) is 2.86. The Labute approximate surface area is 160 Å². The number of amides is 2. The maximum atomic E-state index is 12.6. The first-order chi connectivity index (χ1) is 12.9. The number of ether oxygens (including phenoxy) is 2. The number of rotatable bonds is 9. The lowest BCUT2D eigenvalue weighted by Crippen LogP contribution is -2.45. The zero-order valence-corrected chi connectivity index (χ0v) is 16.1. The van der Waals surface area contributed by atoms with Gasteiger partial charge in [0, 0.05) is 18.1 Å². The molecule has 2 atom stereocenters. The van der Waals surface area contributed by atoms with Gasteiger partial charge in [0.2, 0.25) is 11.8 Å². The van der Waals surface area contributed by atoms with Crippen LogP contribution in [0.1, 0.15) is 61.5 Å². The molecule has 2 aliphatic rings. The summed E-state index contributed by atoms with van der Waals surface area (Å²) in [7, 11) is 0. The van der Waals surface area contributed by atoms with Crippen LogP contribution < -0.4 is 15.8 Å². The molecule has 2 heterocycles. The van der Waals surface area contributed by atoms with Gasteiger partial charge in [-0.05, 0) is 43.6 Å². The number of carbonyl (C=O) groups excluding carboxylic acids is 2. The number of aromatic nitrogens is 1. The first-order valence-electron chi connectivity index (χ1n) is 9.75. The van der Waals surface area contributed by atoms with Gasteiger partial charge in [-0.2, -0.15) is 0 Å². The zero-order chi connectivity index (χ0) is 19.4. The molecule has 1 aromatic heterocycles. The maximum absolute atomic E-state index is 12.6. The SMILES string of the molecule is CC(C)C[C@H](NC(=O)c1ccc(C2CCOC2)c(OCC2CC2)n1)C(N)=O. The molecule has 1 aliphatic heterocycles. The molecule has 1 saturated carbocycles. The Morgan fingerprint density at radius 1 is 1.33 bits per heavy atom. The van der Waals surface area contributed by atoms with Crippen LogP contribution in [0.2, 0.25) is 0 Å². The largest absolute Gasteiger partial charge is 0.477 e. The van der Waals surface area contributed by atoms with E-state index in [1.807, 2.05) is 19.9 Å². The van der Waals surface area contributed by atoms with Crippen molar-refractivity contribution in [2.75, 3.05) is 19.8 Å². The molecule has 7 nitrogen and oxygen atoms in total. The van der Waals surface area contributed by atoms with Crippen LogP contribution in [-0.2, 0) is 9.53 Å². The highest BCUT2D eigenvalue weighted by Gasteiger charge is 2.27. The highest BCUT2D eigenvalue weighted by molar-refractivity contribution is 5.96. The Bertz CT molecular complexity index is 682. The second-order valence-electron chi connectivity index (χ2n) is 7.96. The lowest BCUT2D eigenvalue weighted by Gasteiger charge is -2.18. The summed E-state index contributed by atoms with van der Waals surface area (Å²) in [5.74, 6) is 0.611. The number of nitrogens with two attached hydrogens (primary N) is 1. The molecule has 0 bridgehead atoms. The topological polar surface area (TPSA) is 104 Å². The van der Waals surface area contributed by atoms with Gasteiger partial charge in [-0.3, -0.25) is 9.59 Å². The summed E-state index contributed by atoms with van der Waals surface area (Å²) < 4.78 is 11.4. The number of nitrogens with zero attached hydrogens (tertiary/aromatic N) is 1. The molecular formula is C20H29N3O4. The number of hydrogen-bond donors (Lipinski definition) is 2. The third kappa shape index (κ3) is 5.42. The maximum Gasteiger partial charge on any atom is 0.270 e. The van der Waals surface area contributed by atoms with Crippen molar-refractivity contribution in [2.45, 2.75) is 51.5 Å². The quantitative estimate of drug-likeness (QED) is 0.687. The average Bonchev–Trinajstić information content (AvgIpc) is 3.30. The van der Waals surface area contributed by atoms with E-state index in [0.29, 0.717) is 31.4 Å². The number of primary amides is 1. The minimum atomic E-state index is -0.710. The molecule has 7 heteroatoms. The van der Waals surface area contributed by atoms with E-state index in [2.05, 4.69) is 10.3 Å². The molecule has 3 rings (SSSR count). The van der Waals surface area contributed by atoms with E-state index in [9.17, 15) is 9.59 Å². The zero-order valence-electron chi connectivity index (χ0n) is 16.1. The van der Waals surface area contributed by atoms with E-state index >= 15 is 0 Å². The molecule has 3 N–H and O–H groups in total. The molecular weight excluding hydrogens is 346 g/mol. The van der Waals surface area contributed by atoms with Crippen molar-refractivity contribution in [3.63, 3.8) is 0 Å². The Hall–Kier alpha value is -2.15. The Kier molecular flexibility index (Phi) is 6.31. The Balaban J connectivity index is 1.76. The third-order valence-electron chi connectivity index (χ3n) is 5.00. The average molecular weight is 375 g/mol. The molecule has 0 spiro atoms. The standard InChI is InChI=1S/C20H29N3O4/c1-12(2)9-17(18(21)24)22-19(25)16-6-5-15(14-7-8-26-11-14)20(23-16)27-10-13-3-4-13/h5-6,12-14,17H,3-4,7-11H2,1-2H3,(H2,21,24)(H,22,25)/t14?,17-/m0/s1. The normalized spacial score (nSPS) is 20.5. The van der Waals surface area contributed by atoms with Crippen LogP contribution in [-0.4, -0.2) is 42.7 Å². The highest BCUT2D eigenvalue weighted by atomic mass is 16.5. The van der Waals surface area contributed by atoms with Crippen molar-refractivity contribution in [2.24, 2.45) is 17.6 Å². The van der Waals surface area contributed by atoms with Gasteiger partial charge >= 0.3 is 0 Å². The van der Waals surface area contributed by atoms with Crippen molar-refractivity contribution in [3.05, 3.63) is 23.4 Å². The van der Waals surface area contributed by atoms with Crippen LogP contribution in [0.5, 0.6) is 5.88 Å². The molecule has 2 amide bonds. The van der Waals surface area contributed by atoms with Crippen molar-refractivity contribution < 1.29 is 19.1 Å². The van der Waals surface area contributed by atoms with Crippen molar-refractivity contribution in [3.8, 4) is 5.88 Å². The third-order valence-corrected chi connectivity index (χ3v) is 5.00. The van der Waals surface area contributed by atoms with Crippen LogP contribution in [0.3, 0.4) is 0 Å². The second-order valence-corrected chi connectivity index (χ2v) is 7.96. The van der Waals surface area contributed by atoms with E-state index in [4.69, 9.17) is 15.2 Å². The van der Waals surface area contributed by atoms with Crippen LogP contribution in [0.4, 0.5) is 0 Å². The first-order valence-corrected chi connectivity index (χ1v) is 9.75. The highest BCUT2D eigenvalue weighted by Crippen LogP contribution is 2.34. The monoisotopic (exact) mass is 375 g/mol. The van der Waals surface area contributed by atoms with Gasteiger partial charge in [0.15, 0.2) is 0 Å². The van der Waals surface area contributed by atoms with Gasteiger partial charge in [-0.15, -0.1) is 0 Å². The van der Waals surface area contributed by atoms with E-state index in [0.717, 1.165) is 18.6 Å². The lowest BCUT2D eigenvalue weighted by molar-refractivity contribution is -0.120. The van der Waals surface area contributed by atoms with Gasteiger partial charge < -0.3 is 20.5 Å². The molecule has 1 saturated heterocycles. The number of nitrogens with one attached hydrogen (secondary N) is 1. The summed E-state index contributed by atoms with van der Waals surface area (Å²) >= 11 is 0. The van der Waals surface area contributed by atoms with Gasteiger partial charge in [0.05, 0.1) is 13.2 Å². The Morgan fingerprint density at radius 3 is 2.70 bits per heavy atom. The fourth-order valence-corrected chi connectivity index (χ4v) is 3.21.